The van der Waals surface area contributed by atoms with Gasteiger partial charge in [0.2, 0.25) is 0 Å². The smallest absolute Gasteiger partial charge is 0.323 e. The zero-order valence-electron chi connectivity index (χ0n) is 13.5. The summed E-state index contributed by atoms with van der Waals surface area (Å²) >= 11 is 0. The van der Waals surface area contributed by atoms with Crippen LogP contribution < -0.4 is 5.32 Å². The van der Waals surface area contributed by atoms with Crippen molar-refractivity contribution in [3.05, 3.63) is 0 Å². The van der Waals surface area contributed by atoms with Gasteiger partial charge >= 0.3 is 5.97 Å². The summed E-state index contributed by atoms with van der Waals surface area (Å²) in [5, 5.41) is 12.8. The molecule has 0 aromatic rings. The molecule has 5 nitrogen and oxygen atoms in total. The molecule has 0 aliphatic heterocycles. The van der Waals surface area contributed by atoms with Gasteiger partial charge in [-0.2, -0.15) is 0 Å². The predicted molar refractivity (Wildman–Crippen MR) is 82.1 cm³/mol. The van der Waals surface area contributed by atoms with Crippen LogP contribution in [-0.2, 0) is 4.79 Å². The third-order valence-electron chi connectivity index (χ3n) is 3.90. The average molecular weight is 285 g/mol. The Hall–Kier alpha value is -0.650. The van der Waals surface area contributed by atoms with Crippen LogP contribution in [0.2, 0.25) is 0 Å². The number of hydrogen-bond acceptors (Lipinski definition) is 4. The summed E-state index contributed by atoms with van der Waals surface area (Å²) < 4.78 is 0. The van der Waals surface area contributed by atoms with Crippen LogP contribution in [0.1, 0.15) is 39.5 Å². The second-order valence-corrected chi connectivity index (χ2v) is 6.45. The van der Waals surface area contributed by atoms with Crippen molar-refractivity contribution in [1.82, 2.24) is 15.1 Å². The molecule has 1 saturated carbocycles. The van der Waals surface area contributed by atoms with Gasteiger partial charge in [-0.05, 0) is 53.2 Å². The van der Waals surface area contributed by atoms with Crippen LogP contribution in [0.5, 0.6) is 0 Å². The van der Waals surface area contributed by atoms with Crippen molar-refractivity contribution in [1.29, 1.82) is 0 Å². The number of hydrogen-bond donors (Lipinski definition) is 2. The standard InChI is InChI=1S/C15H31N3O2/c1-5-9-18(12-11-17(3)4)10-8-15(2,14(19)20)16-13-6-7-13/h13,16H,5-12H2,1-4H3,(H,19,20). The third-order valence-corrected chi connectivity index (χ3v) is 3.90. The van der Waals surface area contributed by atoms with E-state index >= 15 is 0 Å². The summed E-state index contributed by atoms with van der Waals surface area (Å²) in [6, 6.07) is 0.414. The fraction of sp³-hybridized carbons (Fsp3) is 0.933. The molecule has 0 bridgehead atoms. The van der Waals surface area contributed by atoms with E-state index in [9.17, 15) is 9.90 Å². The summed E-state index contributed by atoms with van der Waals surface area (Å²) in [4.78, 5) is 16.1. The van der Waals surface area contributed by atoms with Crippen molar-refractivity contribution < 1.29 is 9.90 Å². The molecule has 2 N–H and O–H groups in total. The Morgan fingerprint density at radius 2 is 1.90 bits per heavy atom. The van der Waals surface area contributed by atoms with Crippen LogP contribution in [0.4, 0.5) is 0 Å². The van der Waals surface area contributed by atoms with E-state index in [0.717, 1.165) is 45.4 Å². The maximum Gasteiger partial charge on any atom is 0.323 e. The molecule has 0 spiro atoms. The van der Waals surface area contributed by atoms with E-state index in [4.69, 9.17) is 0 Å². The van der Waals surface area contributed by atoms with Gasteiger partial charge in [0, 0.05) is 25.7 Å². The van der Waals surface area contributed by atoms with E-state index in [1.54, 1.807) is 0 Å². The Morgan fingerprint density at radius 1 is 1.25 bits per heavy atom. The van der Waals surface area contributed by atoms with Crippen molar-refractivity contribution in [2.75, 3.05) is 40.3 Å². The van der Waals surface area contributed by atoms with Crippen LogP contribution in [0.25, 0.3) is 0 Å². The minimum atomic E-state index is -0.786. The molecule has 1 rings (SSSR count). The fourth-order valence-electron chi connectivity index (χ4n) is 2.29. The summed E-state index contributed by atoms with van der Waals surface area (Å²) in [5.41, 5.74) is -0.786. The maximum atomic E-state index is 11.5. The van der Waals surface area contributed by atoms with Crippen LogP contribution >= 0.6 is 0 Å². The molecular formula is C15H31N3O2. The molecule has 0 radical (unpaired) electrons. The number of rotatable bonds is 11. The summed E-state index contributed by atoms with van der Waals surface area (Å²) in [7, 11) is 4.14. The van der Waals surface area contributed by atoms with Gasteiger partial charge in [0.1, 0.15) is 5.54 Å². The van der Waals surface area contributed by atoms with Gasteiger partial charge in [-0.15, -0.1) is 0 Å². The quantitative estimate of drug-likeness (QED) is 0.598. The number of carbonyl (C=O) groups is 1. The van der Waals surface area contributed by atoms with Gasteiger partial charge in [-0.25, -0.2) is 0 Å². The second-order valence-electron chi connectivity index (χ2n) is 6.45. The van der Waals surface area contributed by atoms with Crippen molar-refractivity contribution in [2.24, 2.45) is 0 Å². The first-order valence-electron chi connectivity index (χ1n) is 7.75. The van der Waals surface area contributed by atoms with Gasteiger partial charge in [0.15, 0.2) is 0 Å². The number of aliphatic carboxylic acids is 1. The molecule has 1 aliphatic rings. The lowest BCUT2D eigenvalue weighted by molar-refractivity contribution is -0.144. The number of likely N-dealkylation sites (N-methyl/N-ethyl adjacent to an activating group) is 1. The highest BCUT2D eigenvalue weighted by Gasteiger charge is 2.38. The van der Waals surface area contributed by atoms with Gasteiger partial charge in [-0.3, -0.25) is 10.1 Å². The normalized spacial score (nSPS) is 18.5. The van der Waals surface area contributed by atoms with Gasteiger partial charge < -0.3 is 14.9 Å². The zero-order valence-corrected chi connectivity index (χ0v) is 13.5. The molecule has 1 atom stereocenters. The molecule has 5 heteroatoms. The molecule has 0 aromatic heterocycles. The SMILES string of the molecule is CCCN(CCN(C)C)CCC(C)(NC1CC1)C(=O)O. The second kappa shape index (κ2) is 7.96. The molecule has 118 valence electrons. The molecular weight excluding hydrogens is 254 g/mol. The Balaban J connectivity index is 2.46. The summed E-state index contributed by atoms with van der Waals surface area (Å²) in [6.45, 7) is 7.88. The first kappa shape index (κ1) is 17.4. The highest BCUT2D eigenvalue weighted by Crippen LogP contribution is 2.24. The number of carboxylic acid groups (broad SMARTS) is 1. The largest absolute Gasteiger partial charge is 0.480 e. The lowest BCUT2D eigenvalue weighted by Crippen LogP contribution is -2.52. The summed E-state index contributed by atoms with van der Waals surface area (Å²) in [5.74, 6) is -0.728. The average Bonchev–Trinajstić information content (AvgIpc) is 3.16. The highest BCUT2D eigenvalue weighted by molar-refractivity contribution is 5.78. The number of nitrogens with one attached hydrogen (secondary N) is 1. The van der Waals surface area contributed by atoms with Crippen LogP contribution in [0.15, 0.2) is 0 Å². The maximum absolute atomic E-state index is 11.5. The topological polar surface area (TPSA) is 55.8 Å². The molecule has 20 heavy (non-hydrogen) atoms. The lowest BCUT2D eigenvalue weighted by Gasteiger charge is -2.30. The molecule has 0 aromatic carbocycles. The monoisotopic (exact) mass is 285 g/mol. The van der Waals surface area contributed by atoms with E-state index in [-0.39, 0.29) is 0 Å². The molecule has 0 saturated heterocycles. The van der Waals surface area contributed by atoms with Gasteiger partial charge in [-0.1, -0.05) is 6.92 Å². The first-order chi connectivity index (χ1) is 9.37. The molecule has 1 aliphatic carbocycles. The first-order valence-corrected chi connectivity index (χ1v) is 7.75. The lowest BCUT2D eigenvalue weighted by atomic mass is 9.97. The van der Waals surface area contributed by atoms with Crippen molar-refractivity contribution >= 4 is 5.97 Å². The minimum Gasteiger partial charge on any atom is -0.480 e. The van der Waals surface area contributed by atoms with E-state index in [2.05, 4.69) is 36.1 Å². The van der Waals surface area contributed by atoms with Crippen LogP contribution in [-0.4, -0.2) is 72.7 Å². The number of carboxylic acids is 1. The van der Waals surface area contributed by atoms with E-state index < -0.39 is 11.5 Å². The number of nitrogens with zero attached hydrogens (tertiary/aromatic N) is 2. The van der Waals surface area contributed by atoms with E-state index in [1.165, 1.54) is 0 Å². The molecule has 1 unspecified atom stereocenters. The molecule has 0 heterocycles. The van der Waals surface area contributed by atoms with Crippen LogP contribution in [0.3, 0.4) is 0 Å². The summed E-state index contributed by atoms with van der Waals surface area (Å²) in [6.07, 6.45) is 3.99. The fourth-order valence-corrected chi connectivity index (χ4v) is 2.29. The highest BCUT2D eigenvalue weighted by atomic mass is 16.4. The Bertz CT molecular complexity index is 305. The van der Waals surface area contributed by atoms with Gasteiger partial charge in [0.25, 0.3) is 0 Å². The van der Waals surface area contributed by atoms with E-state index in [1.807, 2.05) is 6.92 Å². The van der Waals surface area contributed by atoms with E-state index in [0.29, 0.717) is 12.5 Å². The Labute approximate surface area is 123 Å². The zero-order chi connectivity index (χ0) is 15.2. The van der Waals surface area contributed by atoms with Crippen molar-refractivity contribution in [2.45, 2.75) is 51.1 Å². The minimum absolute atomic E-state index is 0.414. The van der Waals surface area contributed by atoms with Crippen molar-refractivity contribution in [3.63, 3.8) is 0 Å². The molecule has 0 amide bonds. The third kappa shape index (κ3) is 6.20. The van der Waals surface area contributed by atoms with Crippen molar-refractivity contribution in [3.8, 4) is 0 Å². The molecule has 1 fully saturated rings. The Morgan fingerprint density at radius 3 is 2.35 bits per heavy atom. The van der Waals surface area contributed by atoms with Crippen LogP contribution in [0, 0.1) is 0 Å². The van der Waals surface area contributed by atoms with Gasteiger partial charge in [0.05, 0.1) is 0 Å². The predicted octanol–water partition coefficient (Wildman–Crippen LogP) is 1.25. The Kier molecular flexibility index (Phi) is 6.92.